The lowest BCUT2D eigenvalue weighted by Gasteiger charge is -2.16. The molecule has 0 radical (unpaired) electrons. The SMILES string of the molecule is COc1ccc(Cl)cc1NC(=O)C(C)OC(=O)c1cccc(C(F)(F)F)c1. The number of hydrogen-bond donors (Lipinski definition) is 1. The third-order valence-corrected chi connectivity index (χ3v) is 3.73. The first kappa shape index (κ1) is 20.6. The molecule has 144 valence electrons. The molecule has 2 rings (SSSR count). The van der Waals surface area contributed by atoms with Crippen molar-refractivity contribution in [3.05, 3.63) is 58.6 Å². The van der Waals surface area contributed by atoms with Crippen molar-refractivity contribution in [2.75, 3.05) is 12.4 Å². The first-order valence-electron chi connectivity index (χ1n) is 7.64. The fourth-order valence-electron chi connectivity index (χ4n) is 2.12. The molecule has 0 aliphatic heterocycles. The molecule has 1 N–H and O–H groups in total. The predicted molar refractivity (Wildman–Crippen MR) is 93.0 cm³/mol. The van der Waals surface area contributed by atoms with Crippen LogP contribution in [0.3, 0.4) is 0 Å². The summed E-state index contributed by atoms with van der Waals surface area (Å²) in [4.78, 5) is 24.3. The molecule has 0 aromatic heterocycles. The van der Waals surface area contributed by atoms with E-state index in [9.17, 15) is 22.8 Å². The molecule has 0 bridgehead atoms. The monoisotopic (exact) mass is 401 g/mol. The maximum atomic E-state index is 12.7. The lowest BCUT2D eigenvalue weighted by molar-refractivity contribution is -0.137. The minimum absolute atomic E-state index is 0.261. The van der Waals surface area contributed by atoms with Crippen LogP contribution in [-0.2, 0) is 15.7 Å². The van der Waals surface area contributed by atoms with Crippen molar-refractivity contribution in [1.29, 1.82) is 0 Å². The van der Waals surface area contributed by atoms with E-state index >= 15 is 0 Å². The van der Waals surface area contributed by atoms with E-state index in [-0.39, 0.29) is 11.3 Å². The molecular formula is C18H15ClF3NO4. The lowest BCUT2D eigenvalue weighted by atomic mass is 10.1. The normalized spacial score (nSPS) is 12.2. The van der Waals surface area contributed by atoms with Gasteiger partial charge in [-0.05, 0) is 43.3 Å². The van der Waals surface area contributed by atoms with Gasteiger partial charge < -0.3 is 14.8 Å². The molecule has 0 saturated heterocycles. The number of amides is 1. The minimum Gasteiger partial charge on any atom is -0.495 e. The van der Waals surface area contributed by atoms with Crippen molar-refractivity contribution in [3.63, 3.8) is 0 Å². The van der Waals surface area contributed by atoms with Crippen molar-refractivity contribution < 1.29 is 32.2 Å². The number of carbonyl (C=O) groups excluding carboxylic acids is 2. The second-order valence-electron chi connectivity index (χ2n) is 5.46. The summed E-state index contributed by atoms with van der Waals surface area (Å²) in [5.41, 5.74) is -1.04. The molecular weight excluding hydrogens is 387 g/mol. The molecule has 1 unspecified atom stereocenters. The topological polar surface area (TPSA) is 64.6 Å². The fourth-order valence-corrected chi connectivity index (χ4v) is 2.29. The summed E-state index contributed by atoms with van der Waals surface area (Å²) in [6.45, 7) is 1.29. The molecule has 1 amide bonds. The molecule has 1 atom stereocenters. The Kier molecular flexibility index (Phi) is 6.32. The number of benzene rings is 2. The van der Waals surface area contributed by atoms with Gasteiger partial charge in [-0.2, -0.15) is 13.2 Å². The highest BCUT2D eigenvalue weighted by molar-refractivity contribution is 6.31. The Morgan fingerprint density at radius 3 is 2.48 bits per heavy atom. The van der Waals surface area contributed by atoms with Crippen LogP contribution in [-0.4, -0.2) is 25.1 Å². The average Bonchev–Trinajstić information content (AvgIpc) is 2.61. The Morgan fingerprint density at radius 2 is 1.85 bits per heavy atom. The van der Waals surface area contributed by atoms with Crippen LogP contribution < -0.4 is 10.1 Å². The number of anilines is 1. The van der Waals surface area contributed by atoms with Crippen molar-refractivity contribution in [1.82, 2.24) is 0 Å². The summed E-state index contributed by atoms with van der Waals surface area (Å²) in [5.74, 6) is -1.41. The summed E-state index contributed by atoms with van der Waals surface area (Å²) < 4.78 is 48.2. The summed E-state index contributed by atoms with van der Waals surface area (Å²) in [6, 6.07) is 8.29. The molecule has 2 aromatic carbocycles. The third-order valence-electron chi connectivity index (χ3n) is 3.50. The van der Waals surface area contributed by atoms with Crippen molar-refractivity contribution >= 4 is 29.2 Å². The molecule has 0 heterocycles. The summed E-state index contributed by atoms with van der Waals surface area (Å²) in [5, 5.41) is 2.84. The zero-order chi connectivity index (χ0) is 20.2. The molecule has 5 nitrogen and oxygen atoms in total. The van der Waals surface area contributed by atoms with Gasteiger partial charge in [-0.15, -0.1) is 0 Å². The van der Waals surface area contributed by atoms with Crippen LogP contribution in [0.25, 0.3) is 0 Å². The van der Waals surface area contributed by atoms with Gasteiger partial charge >= 0.3 is 12.1 Å². The number of carbonyl (C=O) groups is 2. The Labute approximate surface area is 158 Å². The second-order valence-corrected chi connectivity index (χ2v) is 5.90. The number of ether oxygens (including phenoxy) is 2. The molecule has 9 heteroatoms. The van der Waals surface area contributed by atoms with Gasteiger partial charge in [-0.3, -0.25) is 4.79 Å². The van der Waals surface area contributed by atoms with Gasteiger partial charge in [0.25, 0.3) is 5.91 Å². The zero-order valence-corrected chi connectivity index (χ0v) is 15.0. The van der Waals surface area contributed by atoms with Crippen LogP contribution in [0.1, 0.15) is 22.8 Å². The second kappa shape index (κ2) is 8.30. The molecule has 0 aliphatic rings. The number of halogens is 4. The standard InChI is InChI=1S/C18H15ClF3NO4/c1-10(16(24)23-14-9-13(19)6-7-15(14)26-2)27-17(25)11-4-3-5-12(8-11)18(20,21)22/h3-10H,1-2H3,(H,23,24). The Bertz CT molecular complexity index is 855. The van der Waals surface area contributed by atoms with E-state index in [1.54, 1.807) is 6.07 Å². The predicted octanol–water partition coefficient (Wildman–Crippen LogP) is 4.55. The van der Waals surface area contributed by atoms with E-state index in [4.69, 9.17) is 21.1 Å². The highest BCUT2D eigenvalue weighted by atomic mass is 35.5. The van der Waals surface area contributed by atoms with Gasteiger partial charge in [0.2, 0.25) is 0 Å². The van der Waals surface area contributed by atoms with Crippen LogP contribution in [0.5, 0.6) is 5.75 Å². The maximum Gasteiger partial charge on any atom is 0.416 e. The number of methoxy groups -OCH3 is 1. The van der Waals surface area contributed by atoms with Gasteiger partial charge in [0.05, 0.1) is 23.9 Å². The molecule has 0 saturated carbocycles. The van der Waals surface area contributed by atoms with E-state index in [0.717, 1.165) is 12.1 Å². The molecule has 0 aliphatic carbocycles. The van der Waals surface area contributed by atoms with Crippen molar-refractivity contribution in [2.24, 2.45) is 0 Å². The van der Waals surface area contributed by atoms with Gasteiger partial charge in [-0.25, -0.2) is 4.79 Å². The first-order valence-corrected chi connectivity index (χ1v) is 8.02. The lowest BCUT2D eigenvalue weighted by Crippen LogP contribution is -2.30. The van der Waals surface area contributed by atoms with E-state index in [0.29, 0.717) is 16.8 Å². The van der Waals surface area contributed by atoms with Gasteiger partial charge in [0.15, 0.2) is 6.10 Å². The van der Waals surface area contributed by atoms with Crippen molar-refractivity contribution in [3.8, 4) is 5.75 Å². The smallest absolute Gasteiger partial charge is 0.416 e. The van der Waals surface area contributed by atoms with Crippen LogP contribution in [0.2, 0.25) is 5.02 Å². The first-order chi connectivity index (χ1) is 12.6. The largest absolute Gasteiger partial charge is 0.495 e. The highest BCUT2D eigenvalue weighted by Crippen LogP contribution is 2.30. The zero-order valence-electron chi connectivity index (χ0n) is 14.3. The minimum atomic E-state index is -4.59. The Morgan fingerprint density at radius 1 is 1.15 bits per heavy atom. The number of esters is 1. The van der Waals surface area contributed by atoms with E-state index < -0.39 is 29.7 Å². The number of rotatable bonds is 5. The van der Waals surface area contributed by atoms with Crippen LogP contribution >= 0.6 is 11.6 Å². The number of alkyl halides is 3. The van der Waals surface area contributed by atoms with E-state index in [2.05, 4.69) is 5.32 Å². The van der Waals surface area contributed by atoms with Gasteiger partial charge in [-0.1, -0.05) is 17.7 Å². The summed E-state index contributed by atoms with van der Waals surface area (Å²) in [7, 11) is 1.40. The average molecular weight is 402 g/mol. The van der Waals surface area contributed by atoms with E-state index in [1.165, 1.54) is 32.2 Å². The van der Waals surface area contributed by atoms with Gasteiger partial charge in [0.1, 0.15) is 5.75 Å². The number of hydrogen-bond acceptors (Lipinski definition) is 4. The molecule has 27 heavy (non-hydrogen) atoms. The number of nitrogens with one attached hydrogen (secondary N) is 1. The molecule has 2 aromatic rings. The molecule has 0 fully saturated rings. The fraction of sp³-hybridized carbons (Fsp3) is 0.222. The van der Waals surface area contributed by atoms with Crippen molar-refractivity contribution in [2.45, 2.75) is 19.2 Å². The molecule has 0 spiro atoms. The Hall–Kier alpha value is -2.74. The highest BCUT2D eigenvalue weighted by Gasteiger charge is 2.31. The third kappa shape index (κ3) is 5.37. The maximum absolute atomic E-state index is 12.7. The van der Waals surface area contributed by atoms with Crippen LogP contribution in [0, 0.1) is 0 Å². The quantitative estimate of drug-likeness (QED) is 0.746. The Balaban J connectivity index is 2.08. The van der Waals surface area contributed by atoms with Crippen LogP contribution in [0.15, 0.2) is 42.5 Å². The van der Waals surface area contributed by atoms with E-state index in [1.807, 2.05) is 0 Å². The summed E-state index contributed by atoms with van der Waals surface area (Å²) in [6.07, 6.45) is -5.86. The van der Waals surface area contributed by atoms with Gasteiger partial charge in [0, 0.05) is 5.02 Å². The van der Waals surface area contributed by atoms with Crippen LogP contribution in [0.4, 0.5) is 18.9 Å². The summed E-state index contributed by atoms with van der Waals surface area (Å²) >= 11 is 5.87.